The summed E-state index contributed by atoms with van der Waals surface area (Å²) in [5.41, 5.74) is 2.32. The molecule has 0 spiro atoms. The zero-order chi connectivity index (χ0) is 16.4. The van der Waals surface area contributed by atoms with Crippen LogP contribution < -0.4 is 4.74 Å². The molecule has 4 nitrogen and oxygen atoms in total. The van der Waals surface area contributed by atoms with E-state index >= 15 is 0 Å². The molecule has 0 bridgehead atoms. The Morgan fingerprint density at radius 2 is 1.79 bits per heavy atom. The van der Waals surface area contributed by atoms with Gasteiger partial charge in [0.2, 0.25) is 0 Å². The maximum atomic E-state index is 12.0. The first-order chi connectivity index (χ1) is 11.8. The molecule has 24 heavy (non-hydrogen) atoms. The van der Waals surface area contributed by atoms with Gasteiger partial charge >= 0.3 is 5.97 Å². The van der Waals surface area contributed by atoms with Crippen molar-refractivity contribution in [3.63, 3.8) is 0 Å². The third kappa shape index (κ3) is 2.63. The van der Waals surface area contributed by atoms with Crippen molar-refractivity contribution < 1.29 is 14.3 Å². The summed E-state index contributed by atoms with van der Waals surface area (Å²) in [6, 6.07) is 21.0. The second-order valence-corrected chi connectivity index (χ2v) is 5.48. The van der Waals surface area contributed by atoms with Crippen LogP contribution in [0.1, 0.15) is 15.9 Å². The average molecular weight is 317 g/mol. The molecule has 0 N–H and O–H groups in total. The summed E-state index contributed by atoms with van der Waals surface area (Å²) in [5.74, 6) is 0.443. The van der Waals surface area contributed by atoms with Gasteiger partial charge in [0.25, 0.3) is 0 Å². The lowest BCUT2D eigenvalue weighted by atomic mass is 10.0. The fourth-order valence-electron chi connectivity index (χ4n) is 2.84. The number of rotatable bonds is 3. The number of fused-ring (bicyclic) bond motifs is 3. The van der Waals surface area contributed by atoms with Crippen LogP contribution in [0.4, 0.5) is 0 Å². The number of carbonyl (C=O) groups is 1. The van der Waals surface area contributed by atoms with Crippen LogP contribution in [0.15, 0.2) is 71.7 Å². The van der Waals surface area contributed by atoms with Crippen molar-refractivity contribution in [2.75, 3.05) is 13.3 Å². The predicted molar refractivity (Wildman–Crippen MR) is 92.7 cm³/mol. The standard InChI is InChI=1S/C20H15NO3/c22-20(15-7-2-1-3-8-15)24-13-21-17-12-23-18-11-10-14-6-4-5-9-16(14)19(17)18/h1-11H,12-13H2/b21-17+. The Bertz CT molecular complexity index is 932. The van der Waals surface area contributed by atoms with Crippen LogP contribution in [0, 0.1) is 0 Å². The first-order valence-corrected chi connectivity index (χ1v) is 7.73. The average Bonchev–Trinajstić information content (AvgIpc) is 3.06. The van der Waals surface area contributed by atoms with Gasteiger partial charge in [-0.3, -0.25) is 0 Å². The van der Waals surface area contributed by atoms with E-state index in [1.54, 1.807) is 24.3 Å². The molecule has 4 heteroatoms. The molecule has 1 heterocycles. The summed E-state index contributed by atoms with van der Waals surface area (Å²) >= 11 is 0. The molecule has 0 saturated carbocycles. The van der Waals surface area contributed by atoms with E-state index in [2.05, 4.69) is 11.1 Å². The highest BCUT2D eigenvalue weighted by Gasteiger charge is 2.21. The Morgan fingerprint density at radius 3 is 2.67 bits per heavy atom. The number of esters is 1. The summed E-state index contributed by atoms with van der Waals surface area (Å²) in [5, 5.41) is 2.23. The van der Waals surface area contributed by atoms with Gasteiger partial charge in [-0.1, -0.05) is 48.5 Å². The second-order valence-electron chi connectivity index (χ2n) is 5.48. The molecule has 118 valence electrons. The molecule has 0 atom stereocenters. The predicted octanol–water partition coefficient (Wildman–Crippen LogP) is 3.84. The lowest BCUT2D eigenvalue weighted by Gasteiger charge is -2.05. The van der Waals surface area contributed by atoms with Crippen LogP contribution >= 0.6 is 0 Å². The van der Waals surface area contributed by atoms with E-state index in [9.17, 15) is 4.79 Å². The first-order valence-electron chi connectivity index (χ1n) is 7.73. The fourth-order valence-corrected chi connectivity index (χ4v) is 2.84. The highest BCUT2D eigenvalue weighted by atomic mass is 16.5. The molecular weight excluding hydrogens is 302 g/mol. The number of hydrogen-bond acceptors (Lipinski definition) is 4. The van der Waals surface area contributed by atoms with Crippen molar-refractivity contribution in [2.24, 2.45) is 4.99 Å². The zero-order valence-corrected chi connectivity index (χ0v) is 12.9. The van der Waals surface area contributed by atoms with Crippen molar-refractivity contribution in [3.05, 3.63) is 77.9 Å². The molecule has 0 saturated heterocycles. The van der Waals surface area contributed by atoms with Gasteiger partial charge in [0.15, 0.2) is 6.73 Å². The summed E-state index contributed by atoms with van der Waals surface area (Å²) in [6.45, 7) is 0.376. The minimum atomic E-state index is -0.378. The van der Waals surface area contributed by atoms with Crippen molar-refractivity contribution >= 4 is 22.5 Å². The SMILES string of the molecule is O=C(OC/N=C1\COc2ccc3ccccc3c21)c1ccccc1. The van der Waals surface area contributed by atoms with Crippen LogP contribution in [-0.4, -0.2) is 25.0 Å². The number of ether oxygens (including phenoxy) is 2. The number of nitrogens with zero attached hydrogens (tertiary/aromatic N) is 1. The van der Waals surface area contributed by atoms with Crippen molar-refractivity contribution in [2.45, 2.75) is 0 Å². The van der Waals surface area contributed by atoms with Gasteiger partial charge in [0.05, 0.1) is 11.3 Å². The normalized spacial score (nSPS) is 14.4. The maximum Gasteiger partial charge on any atom is 0.339 e. The molecule has 3 aromatic rings. The van der Waals surface area contributed by atoms with E-state index < -0.39 is 0 Å². The molecule has 0 aromatic heterocycles. The van der Waals surface area contributed by atoms with Crippen molar-refractivity contribution in [1.82, 2.24) is 0 Å². The quantitative estimate of drug-likeness (QED) is 0.690. The Kier molecular flexibility index (Phi) is 3.71. The second kappa shape index (κ2) is 6.16. The van der Waals surface area contributed by atoms with Crippen LogP contribution in [0.3, 0.4) is 0 Å². The number of aliphatic imine (C=N–C) groups is 1. The van der Waals surface area contributed by atoms with E-state index in [1.807, 2.05) is 36.4 Å². The molecule has 0 amide bonds. The van der Waals surface area contributed by atoms with E-state index in [4.69, 9.17) is 9.47 Å². The largest absolute Gasteiger partial charge is 0.487 e. The van der Waals surface area contributed by atoms with Crippen LogP contribution in [-0.2, 0) is 4.74 Å². The molecule has 0 fully saturated rings. The Hall–Kier alpha value is -3.14. The number of hydrogen-bond donors (Lipinski definition) is 0. The van der Waals surface area contributed by atoms with Gasteiger partial charge in [-0.25, -0.2) is 9.79 Å². The lowest BCUT2D eigenvalue weighted by Crippen LogP contribution is -2.09. The van der Waals surface area contributed by atoms with Gasteiger partial charge in [-0.05, 0) is 29.0 Å². The van der Waals surface area contributed by atoms with E-state index in [-0.39, 0.29) is 12.7 Å². The highest BCUT2D eigenvalue weighted by Crippen LogP contribution is 2.32. The molecule has 3 aromatic carbocycles. The summed E-state index contributed by atoms with van der Waals surface area (Å²) < 4.78 is 10.9. The Labute approximate surface area is 139 Å². The zero-order valence-electron chi connectivity index (χ0n) is 12.9. The third-order valence-corrected chi connectivity index (χ3v) is 4.00. The Balaban J connectivity index is 1.56. The minimum Gasteiger partial charge on any atom is -0.487 e. The highest BCUT2D eigenvalue weighted by molar-refractivity contribution is 6.15. The van der Waals surface area contributed by atoms with E-state index in [1.165, 1.54) is 0 Å². The summed E-state index contributed by atoms with van der Waals surface area (Å²) in [7, 11) is 0. The van der Waals surface area contributed by atoms with Gasteiger partial charge in [0, 0.05) is 5.56 Å². The van der Waals surface area contributed by atoms with E-state index in [0.717, 1.165) is 27.8 Å². The topological polar surface area (TPSA) is 47.9 Å². The van der Waals surface area contributed by atoms with Crippen LogP contribution in [0.25, 0.3) is 10.8 Å². The Morgan fingerprint density at radius 1 is 1.00 bits per heavy atom. The minimum absolute atomic E-state index is 0.0188. The molecule has 0 radical (unpaired) electrons. The maximum absolute atomic E-state index is 12.0. The number of carbonyl (C=O) groups excluding carboxylic acids is 1. The monoisotopic (exact) mass is 317 g/mol. The molecule has 1 aliphatic heterocycles. The van der Waals surface area contributed by atoms with Gasteiger partial charge in [-0.15, -0.1) is 0 Å². The lowest BCUT2D eigenvalue weighted by molar-refractivity contribution is 0.0517. The number of benzene rings is 3. The smallest absolute Gasteiger partial charge is 0.339 e. The molecule has 0 aliphatic carbocycles. The molecule has 0 unspecified atom stereocenters. The fraction of sp³-hybridized carbons (Fsp3) is 0.100. The van der Waals surface area contributed by atoms with Crippen molar-refractivity contribution in [1.29, 1.82) is 0 Å². The first kappa shape index (κ1) is 14.5. The van der Waals surface area contributed by atoms with Crippen LogP contribution in [0.2, 0.25) is 0 Å². The van der Waals surface area contributed by atoms with E-state index in [0.29, 0.717) is 12.2 Å². The third-order valence-electron chi connectivity index (χ3n) is 4.00. The molecule has 1 aliphatic rings. The van der Waals surface area contributed by atoms with Crippen molar-refractivity contribution in [3.8, 4) is 5.75 Å². The van der Waals surface area contributed by atoms with Gasteiger partial charge in [-0.2, -0.15) is 0 Å². The summed E-state index contributed by atoms with van der Waals surface area (Å²) in [4.78, 5) is 16.4. The summed E-state index contributed by atoms with van der Waals surface area (Å²) in [6.07, 6.45) is 0. The van der Waals surface area contributed by atoms with Gasteiger partial charge in [0.1, 0.15) is 12.4 Å². The molecular formula is C20H15NO3. The van der Waals surface area contributed by atoms with Gasteiger partial charge < -0.3 is 9.47 Å². The van der Waals surface area contributed by atoms with Crippen LogP contribution in [0.5, 0.6) is 5.75 Å². The molecule has 4 rings (SSSR count).